The van der Waals surface area contributed by atoms with Gasteiger partial charge in [0.2, 0.25) is 5.89 Å². The van der Waals surface area contributed by atoms with Crippen LogP contribution in [0.1, 0.15) is 41.0 Å². The summed E-state index contributed by atoms with van der Waals surface area (Å²) in [7, 11) is 0. The Morgan fingerprint density at radius 1 is 1.17 bits per heavy atom. The lowest BCUT2D eigenvalue weighted by Crippen LogP contribution is -2.00. The van der Waals surface area contributed by atoms with E-state index in [4.69, 9.17) is 9.26 Å². The third-order valence-corrected chi connectivity index (χ3v) is 4.50. The number of hydrogen-bond donors (Lipinski definition) is 1. The van der Waals surface area contributed by atoms with Crippen LogP contribution in [0.5, 0.6) is 0 Å². The molecule has 1 fully saturated rings. The van der Waals surface area contributed by atoms with Crippen LogP contribution in [0.3, 0.4) is 0 Å². The fourth-order valence-electron chi connectivity index (χ4n) is 2.94. The van der Waals surface area contributed by atoms with Gasteiger partial charge in [0.25, 0.3) is 0 Å². The summed E-state index contributed by atoms with van der Waals surface area (Å²) in [5.74, 6) is 2.67. The van der Waals surface area contributed by atoms with Gasteiger partial charge in [-0.05, 0) is 43.5 Å². The quantitative estimate of drug-likeness (QED) is 0.801. The van der Waals surface area contributed by atoms with E-state index >= 15 is 0 Å². The molecule has 1 aliphatic heterocycles. The summed E-state index contributed by atoms with van der Waals surface area (Å²) in [6, 6.07) is 4.27. The van der Waals surface area contributed by atoms with E-state index in [1.54, 1.807) is 0 Å². The molecule has 1 aromatic carbocycles. The molecule has 1 saturated heterocycles. The van der Waals surface area contributed by atoms with Crippen molar-refractivity contribution in [3.05, 3.63) is 40.8 Å². The number of rotatable bonds is 4. The van der Waals surface area contributed by atoms with E-state index in [0.717, 1.165) is 42.1 Å². The van der Waals surface area contributed by atoms with E-state index in [2.05, 4.69) is 46.1 Å². The molecule has 0 bridgehead atoms. The average Bonchev–Trinajstić information content (AvgIpc) is 3.25. The number of aromatic nitrogens is 4. The number of H-pyrrole nitrogens is 1. The number of aryl methyl sites for hydroxylation is 4. The van der Waals surface area contributed by atoms with Crippen LogP contribution in [0.4, 0.5) is 0 Å². The van der Waals surface area contributed by atoms with E-state index in [1.807, 2.05) is 0 Å². The van der Waals surface area contributed by atoms with Gasteiger partial charge in [-0.15, -0.1) is 0 Å². The lowest BCUT2D eigenvalue weighted by molar-refractivity contribution is 0.192. The number of nitrogens with one attached hydrogen (secondary N) is 1. The Morgan fingerprint density at radius 2 is 2.04 bits per heavy atom. The first-order chi connectivity index (χ1) is 11.2. The lowest BCUT2D eigenvalue weighted by Gasteiger charge is -1.97. The second kappa shape index (κ2) is 5.77. The van der Waals surface area contributed by atoms with Crippen LogP contribution < -0.4 is 0 Å². The molecule has 0 unspecified atom stereocenters. The summed E-state index contributed by atoms with van der Waals surface area (Å²) >= 11 is 0. The fraction of sp³-hybridized carbons (Fsp3) is 0.471. The van der Waals surface area contributed by atoms with Crippen molar-refractivity contribution in [2.45, 2.75) is 39.0 Å². The van der Waals surface area contributed by atoms with Crippen molar-refractivity contribution < 1.29 is 9.26 Å². The Hall–Kier alpha value is -2.21. The van der Waals surface area contributed by atoms with Crippen molar-refractivity contribution in [3.63, 3.8) is 0 Å². The van der Waals surface area contributed by atoms with E-state index < -0.39 is 0 Å². The first-order valence-corrected chi connectivity index (χ1v) is 8.05. The van der Waals surface area contributed by atoms with Crippen LogP contribution in [0.2, 0.25) is 0 Å². The van der Waals surface area contributed by atoms with Crippen molar-refractivity contribution in [2.24, 2.45) is 0 Å². The minimum atomic E-state index is 0.282. The van der Waals surface area contributed by atoms with Gasteiger partial charge in [0.1, 0.15) is 5.82 Å². The van der Waals surface area contributed by atoms with Gasteiger partial charge < -0.3 is 14.2 Å². The van der Waals surface area contributed by atoms with Gasteiger partial charge in [-0.25, -0.2) is 4.98 Å². The Labute approximate surface area is 134 Å². The van der Waals surface area contributed by atoms with Crippen molar-refractivity contribution in [1.82, 2.24) is 20.1 Å². The molecule has 4 rings (SSSR count). The molecule has 1 aliphatic rings. The summed E-state index contributed by atoms with van der Waals surface area (Å²) < 4.78 is 10.7. The molecule has 0 saturated carbocycles. The molecule has 1 N–H and O–H groups in total. The van der Waals surface area contributed by atoms with Gasteiger partial charge in [0, 0.05) is 25.4 Å². The number of nitrogens with zero attached hydrogens (tertiary/aromatic N) is 3. The van der Waals surface area contributed by atoms with Crippen LogP contribution in [-0.4, -0.2) is 33.3 Å². The summed E-state index contributed by atoms with van der Waals surface area (Å²) in [4.78, 5) is 12.5. The zero-order valence-corrected chi connectivity index (χ0v) is 13.4. The fourth-order valence-corrected chi connectivity index (χ4v) is 2.94. The van der Waals surface area contributed by atoms with Crippen molar-refractivity contribution in [1.29, 1.82) is 0 Å². The topological polar surface area (TPSA) is 76.8 Å². The van der Waals surface area contributed by atoms with Crippen LogP contribution in [0, 0.1) is 13.8 Å². The Bertz CT molecular complexity index is 791. The van der Waals surface area contributed by atoms with E-state index in [0.29, 0.717) is 18.9 Å². The van der Waals surface area contributed by atoms with Gasteiger partial charge in [0.05, 0.1) is 17.6 Å². The minimum Gasteiger partial charge on any atom is -0.381 e. The average molecular weight is 312 g/mol. The maximum atomic E-state index is 5.37. The second-order valence-electron chi connectivity index (χ2n) is 6.24. The number of aromatic amines is 1. The smallest absolute Gasteiger partial charge is 0.227 e. The zero-order valence-electron chi connectivity index (χ0n) is 13.4. The standard InChI is InChI=1S/C17H20N4O2/c1-10-7-13-14(8-11(10)2)19-15(18-13)3-4-16-20-17(21-23-16)12-5-6-22-9-12/h7-8,12H,3-6,9H2,1-2H3,(H,18,19)/t12-/m1/s1. The molecular weight excluding hydrogens is 292 g/mol. The van der Waals surface area contributed by atoms with Gasteiger partial charge in [-0.3, -0.25) is 0 Å². The molecule has 120 valence electrons. The second-order valence-corrected chi connectivity index (χ2v) is 6.24. The minimum absolute atomic E-state index is 0.282. The van der Waals surface area contributed by atoms with Crippen LogP contribution in [-0.2, 0) is 17.6 Å². The molecule has 0 radical (unpaired) electrons. The molecule has 3 heterocycles. The highest BCUT2D eigenvalue weighted by molar-refractivity contribution is 5.77. The summed E-state index contributed by atoms with van der Waals surface area (Å²) in [6.07, 6.45) is 2.43. The molecule has 0 spiro atoms. The lowest BCUT2D eigenvalue weighted by atomic mass is 10.1. The number of ether oxygens (including phenoxy) is 1. The van der Waals surface area contributed by atoms with E-state index in [9.17, 15) is 0 Å². The molecule has 0 amide bonds. The van der Waals surface area contributed by atoms with Crippen molar-refractivity contribution in [2.75, 3.05) is 13.2 Å². The normalized spacial score (nSPS) is 18.1. The summed E-state index contributed by atoms with van der Waals surface area (Å²) in [6.45, 7) is 5.70. The Kier molecular flexibility index (Phi) is 3.61. The molecule has 23 heavy (non-hydrogen) atoms. The highest BCUT2D eigenvalue weighted by Gasteiger charge is 2.23. The molecule has 2 aromatic heterocycles. The number of hydrogen-bond acceptors (Lipinski definition) is 5. The first-order valence-electron chi connectivity index (χ1n) is 8.05. The maximum absolute atomic E-state index is 5.37. The molecule has 0 aliphatic carbocycles. The first kappa shape index (κ1) is 14.4. The Morgan fingerprint density at radius 3 is 2.87 bits per heavy atom. The summed E-state index contributed by atoms with van der Waals surface area (Å²) in [5.41, 5.74) is 4.62. The molecular formula is C17H20N4O2. The van der Waals surface area contributed by atoms with E-state index in [1.165, 1.54) is 11.1 Å². The van der Waals surface area contributed by atoms with E-state index in [-0.39, 0.29) is 5.92 Å². The maximum Gasteiger partial charge on any atom is 0.227 e. The van der Waals surface area contributed by atoms with Gasteiger partial charge >= 0.3 is 0 Å². The number of imidazole rings is 1. The predicted molar refractivity (Wildman–Crippen MR) is 85.5 cm³/mol. The van der Waals surface area contributed by atoms with Crippen LogP contribution >= 0.6 is 0 Å². The zero-order chi connectivity index (χ0) is 15.8. The Balaban J connectivity index is 1.46. The molecule has 3 aromatic rings. The molecule has 6 nitrogen and oxygen atoms in total. The van der Waals surface area contributed by atoms with Gasteiger partial charge in [-0.2, -0.15) is 4.98 Å². The largest absolute Gasteiger partial charge is 0.381 e. The predicted octanol–water partition coefficient (Wildman–Crippen LogP) is 2.85. The summed E-state index contributed by atoms with van der Waals surface area (Å²) in [5, 5.41) is 4.08. The SMILES string of the molecule is Cc1cc2nc(CCc3nc([C@@H]4CCOC4)no3)[nH]c2cc1C. The molecule has 6 heteroatoms. The van der Waals surface area contributed by atoms with Crippen LogP contribution in [0.25, 0.3) is 11.0 Å². The van der Waals surface area contributed by atoms with Crippen molar-refractivity contribution >= 4 is 11.0 Å². The van der Waals surface area contributed by atoms with Gasteiger partial charge in [0.15, 0.2) is 5.82 Å². The van der Waals surface area contributed by atoms with Crippen molar-refractivity contribution in [3.8, 4) is 0 Å². The third-order valence-electron chi connectivity index (χ3n) is 4.50. The van der Waals surface area contributed by atoms with Crippen LogP contribution in [0.15, 0.2) is 16.7 Å². The number of fused-ring (bicyclic) bond motifs is 1. The third kappa shape index (κ3) is 2.86. The number of benzene rings is 1. The van der Waals surface area contributed by atoms with Gasteiger partial charge in [-0.1, -0.05) is 5.16 Å². The highest BCUT2D eigenvalue weighted by atomic mass is 16.5. The monoisotopic (exact) mass is 312 g/mol. The molecule has 1 atom stereocenters. The highest BCUT2D eigenvalue weighted by Crippen LogP contribution is 2.23.